The second-order valence-corrected chi connectivity index (χ2v) is 6.61. The van der Waals surface area contributed by atoms with Crippen molar-refractivity contribution >= 4 is 11.8 Å². The van der Waals surface area contributed by atoms with Gasteiger partial charge >= 0.3 is 12.1 Å². The number of carbonyl (C=O) groups excluding carboxylic acids is 2. The summed E-state index contributed by atoms with van der Waals surface area (Å²) in [6, 6.07) is 9.57. The maximum absolute atomic E-state index is 12.8. The number of nitrogens with zero attached hydrogens (tertiary/aromatic N) is 2. The van der Waals surface area contributed by atoms with E-state index in [1.165, 1.54) is 0 Å². The molecule has 1 aromatic carbocycles. The van der Waals surface area contributed by atoms with Crippen LogP contribution in [0.25, 0.3) is 0 Å². The third kappa shape index (κ3) is 4.96. The molecule has 0 radical (unpaired) electrons. The van der Waals surface area contributed by atoms with E-state index < -0.39 is 12.1 Å². The molecule has 25 heavy (non-hydrogen) atoms. The zero-order valence-electron chi connectivity index (χ0n) is 14.4. The van der Waals surface area contributed by atoms with Gasteiger partial charge in [0, 0.05) is 31.6 Å². The minimum Gasteiger partial charge on any atom is -0.336 e. The van der Waals surface area contributed by atoms with Crippen molar-refractivity contribution in [3.8, 4) is 0 Å². The number of alkyl halides is 3. The molecule has 7 heteroatoms. The lowest BCUT2D eigenvalue weighted by molar-refractivity contribution is -0.187. The van der Waals surface area contributed by atoms with Gasteiger partial charge in [-0.25, -0.2) is 0 Å². The number of hydrogen-bond donors (Lipinski definition) is 0. The fourth-order valence-corrected chi connectivity index (χ4v) is 3.04. The monoisotopic (exact) mass is 356 g/mol. The number of carbonyl (C=O) groups is 2. The van der Waals surface area contributed by atoms with E-state index in [0.717, 1.165) is 10.5 Å². The third-order valence-corrected chi connectivity index (χ3v) is 4.48. The average Bonchev–Trinajstić information content (AvgIpc) is 2.58. The number of halogens is 3. The van der Waals surface area contributed by atoms with Crippen molar-refractivity contribution in [2.45, 2.75) is 45.5 Å². The van der Waals surface area contributed by atoms with E-state index in [9.17, 15) is 22.8 Å². The van der Waals surface area contributed by atoms with Gasteiger partial charge in [-0.05, 0) is 32.3 Å². The molecular formula is C18H23F3N2O2. The van der Waals surface area contributed by atoms with Crippen LogP contribution in [0.1, 0.15) is 32.3 Å². The van der Waals surface area contributed by atoms with Gasteiger partial charge in [-0.1, -0.05) is 30.3 Å². The van der Waals surface area contributed by atoms with Gasteiger partial charge in [-0.15, -0.1) is 0 Å². The highest BCUT2D eigenvalue weighted by atomic mass is 19.4. The van der Waals surface area contributed by atoms with Crippen molar-refractivity contribution in [1.29, 1.82) is 0 Å². The molecule has 1 aliphatic rings. The quantitative estimate of drug-likeness (QED) is 0.831. The second-order valence-electron chi connectivity index (χ2n) is 6.61. The van der Waals surface area contributed by atoms with Gasteiger partial charge in [0.15, 0.2) is 0 Å². The molecule has 0 spiro atoms. The molecule has 0 atom stereocenters. The normalized spacial score (nSPS) is 16.2. The summed E-state index contributed by atoms with van der Waals surface area (Å²) >= 11 is 0. The molecule has 2 rings (SSSR count). The van der Waals surface area contributed by atoms with Crippen molar-refractivity contribution in [3.05, 3.63) is 35.9 Å². The maximum Gasteiger partial charge on any atom is 0.471 e. The van der Waals surface area contributed by atoms with E-state index in [0.29, 0.717) is 6.54 Å². The first kappa shape index (κ1) is 19.3. The van der Waals surface area contributed by atoms with Crippen molar-refractivity contribution in [3.63, 3.8) is 0 Å². The van der Waals surface area contributed by atoms with E-state index >= 15 is 0 Å². The number of piperidine rings is 1. The zero-order valence-corrected chi connectivity index (χ0v) is 14.4. The van der Waals surface area contributed by atoms with Crippen molar-refractivity contribution in [2.24, 2.45) is 5.92 Å². The fraction of sp³-hybridized carbons (Fsp3) is 0.556. The van der Waals surface area contributed by atoms with Gasteiger partial charge in [0.1, 0.15) is 0 Å². The van der Waals surface area contributed by atoms with Crippen molar-refractivity contribution in [1.82, 2.24) is 9.80 Å². The second kappa shape index (κ2) is 7.89. The molecule has 1 saturated heterocycles. The van der Waals surface area contributed by atoms with Gasteiger partial charge in [-0.3, -0.25) is 9.59 Å². The summed E-state index contributed by atoms with van der Waals surface area (Å²) in [5, 5.41) is 0. The minimum atomic E-state index is -4.85. The molecule has 1 aliphatic heterocycles. The van der Waals surface area contributed by atoms with Crippen LogP contribution < -0.4 is 0 Å². The van der Waals surface area contributed by atoms with Crippen LogP contribution >= 0.6 is 0 Å². The highest BCUT2D eigenvalue weighted by Gasteiger charge is 2.44. The smallest absolute Gasteiger partial charge is 0.336 e. The Labute approximate surface area is 145 Å². The number of benzene rings is 1. The Bertz CT molecular complexity index is 594. The summed E-state index contributed by atoms with van der Waals surface area (Å²) < 4.78 is 37.5. The zero-order chi connectivity index (χ0) is 18.6. The van der Waals surface area contributed by atoms with Gasteiger partial charge < -0.3 is 9.80 Å². The minimum absolute atomic E-state index is 0.0115. The molecule has 4 nitrogen and oxygen atoms in total. The molecule has 0 unspecified atom stereocenters. The standard InChI is InChI=1S/C18H23F3N2O2/c1-13(2)23(12-14-6-4-3-5-7-14)16(24)15-8-10-22(11-9-15)17(25)18(19,20)21/h3-7,13,15H,8-12H2,1-2H3. The summed E-state index contributed by atoms with van der Waals surface area (Å²) in [4.78, 5) is 26.6. The Kier molecular flexibility index (Phi) is 6.08. The molecule has 1 aromatic rings. The van der Waals surface area contributed by atoms with Crippen LogP contribution in [0.4, 0.5) is 13.2 Å². The predicted octanol–water partition coefficient (Wildman–Crippen LogP) is 3.22. The topological polar surface area (TPSA) is 40.6 Å². The number of rotatable bonds is 4. The van der Waals surface area contributed by atoms with Crippen LogP contribution in [0.5, 0.6) is 0 Å². The highest BCUT2D eigenvalue weighted by Crippen LogP contribution is 2.26. The van der Waals surface area contributed by atoms with Crippen LogP contribution in [0.3, 0.4) is 0 Å². The van der Waals surface area contributed by atoms with E-state index in [4.69, 9.17) is 0 Å². The Morgan fingerprint density at radius 2 is 1.72 bits per heavy atom. The van der Waals surface area contributed by atoms with Gasteiger partial charge in [-0.2, -0.15) is 13.2 Å². The van der Waals surface area contributed by atoms with Crippen LogP contribution in [-0.4, -0.2) is 46.9 Å². The molecule has 138 valence electrons. The predicted molar refractivity (Wildman–Crippen MR) is 87.5 cm³/mol. The lowest BCUT2D eigenvalue weighted by Crippen LogP contribution is -2.49. The van der Waals surface area contributed by atoms with Crippen LogP contribution in [0.15, 0.2) is 30.3 Å². The molecular weight excluding hydrogens is 333 g/mol. The van der Waals surface area contributed by atoms with E-state index in [2.05, 4.69) is 0 Å². The molecule has 1 fully saturated rings. The highest BCUT2D eigenvalue weighted by molar-refractivity contribution is 5.83. The van der Waals surface area contributed by atoms with Gasteiger partial charge in [0.05, 0.1) is 0 Å². The number of amides is 2. The first-order valence-corrected chi connectivity index (χ1v) is 8.40. The Balaban J connectivity index is 1.98. The van der Waals surface area contributed by atoms with Crippen LogP contribution in [-0.2, 0) is 16.1 Å². The summed E-state index contributed by atoms with van der Waals surface area (Å²) in [6.45, 7) is 4.24. The molecule has 0 bridgehead atoms. The summed E-state index contributed by atoms with van der Waals surface area (Å²) in [6.07, 6.45) is -4.33. The van der Waals surface area contributed by atoms with Crippen LogP contribution in [0, 0.1) is 5.92 Å². The van der Waals surface area contributed by atoms with E-state index in [-0.39, 0.29) is 43.8 Å². The molecule has 0 saturated carbocycles. The molecule has 2 amide bonds. The first-order valence-electron chi connectivity index (χ1n) is 8.40. The molecule has 0 aliphatic carbocycles. The first-order chi connectivity index (χ1) is 11.7. The van der Waals surface area contributed by atoms with Crippen LogP contribution in [0.2, 0.25) is 0 Å². The summed E-state index contributed by atoms with van der Waals surface area (Å²) in [5.74, 6) is -2.22. The Hall–Kier alpha value is -2.05. The molecule has 0 aromatic heterocycles. The largest absolute Gasteiger partial charge is 0.471 e. The Morgan fingerprint density at radius 3 is 2.20 bits per heavy atom. The van der Waals surface area contributed by atoms with Gasteiger partial charge in [0.2, 0.25) is 5.91 Å². The fourth-order valence-electron chi connectivity index (χ4n) is 3.04. The summed E-state index contributed by atoms with van der Waals surface area (Å²) in [7, 11) is 0. The van der Waals surface area contributed by atoms with Gasteiger partial charge in [0.25, 0.3) is 0 Å². The molecule has 0 N–H and O–H groups in total. The maximum atomic E-state index is 12.8. The number of hydrogen-bond acceptors (Lipinski definition) is 2. The lowest BCUT2D eigenvalue weighted by Gasteiger charge is -2.36. The van der Waals surface area contributed by atoms with E-state index in [1.807, 2.05) is 44.2 Å². The Morgan fingerprint density at radius 1 is 1.16 bits per heavy atom. The summed E-state index contributed by atoms with van der Waals surface area (Å²) in [5.41, 5.74) is 1.01. The van der Waals surface area contributed by atoms with Crippen molar-refractivity contribution in [2.75, 3.05) is 13.1 Å². The third-order valence-electron chi connectivity index (χ3n) is 4.48. The molecule has 1 heterocycles. The number of likely N-dealkylation sites (tertiary alicyclic amines) is 1. The van der Waals surface area contributed by atoms with Crippen molar-refractivity contribution < 1.29 is 22.8 Å². The average molecular weight is 356 g/mol. The lowest BCUT2D eigenvalue weighted by atomic mass is 9.94. The van der Waals surface area contributed by atoms with E-state index in [1.54, 1.807) is 4.90 Å². The SMILES string of the molecule is CC(C)N(Cc1ccccc1)C(=O)C1CCN(C(=O)C(F)(F)F)CC1.